The molecule has 1 heterocycles. The number of hydrogen-bond donors (Lipinski definition) is 9. The number of aromatic nitrogens is 2. The van der Waals surface area contributed by atoms with E-state index in [0.29, 0.717) is 5.69 Å². The number of carbonyl (C=O) groups excluding carboxylic acids is 3. The van der Waals surface area contributed by atoms with Crippen molar-refractivity contribution in [3.05, 3.63) is 18.2 Å². The van der Waals surface area contributed by atoms with Gasteiger partial charge in [0.1, 0.15) is 18.1 Å². The Kier molecular flexibility index (Phi) is 11.2. The van der Waals surface area contributed by atoms with Crippen LogP contribution in [0.4, 0.5) is 0 Å². The van der Waals surface area contributed by atoms with E-state index in [0.717, 1.165) is 0 Å². The number of thiol groups is 1. The summed E-state index contributed by atoms with van der Waals surface area (Å²) >= 11 is 3.94. The van der Waals surface area contributed by atoms with Gasteiger partial charge in [0.25, 0.3) is 0 Å². The van der Waals surface area contributed by atoms with Gasteiger partial charge in [-0.05, 0) is 6.42 Å². The van der Waals surface area contributed by atoms with Crippen LogP contribution >= 0.6 is 12.6 Å². The van der Waals surface area contributed by atoms with Crippen LogP contribution in [0.5, 0.6) is 0 Å². The van der Waals surface area contributed by atoms with E-state index >= 15 is 0 Å². The molecular formula is C17H26N6O8S. The number of carboxylic acid groups (broad SMARTS) is 2. The summed E-state index contributed by atoms with van der Waals surface area (Å²) in [6.45, 7) is -0.800. The van der Waals surface area contributed by atoms with Crippen molar-refractivity contribution in [2.45, 2.75) is 43.4 Å². The van der Waals surface area contributed by atoms with E-state index in [-0.39, 0.29) is 18.6 Å². The van der Waals surface area contributed by atoms with E-state index in [1.165, 1.54) is 12.5 Å². The minimum absolute atomic E-state index is 0.0974. The van der Waals surface area contributed by atoms with E-state index < -0.39 is 66.9 Å². The van der Waals surface area contributed by atoms with Crippen LogP contribution in [0.15, 0.2) is 12.5 Å². The Labute approximate surface area is 187 Å². The fourth-order valence-electron chi connectivity index (χ4n) is 2.46. The minimum Gasteiger partial charge on any atom is -0.481 e. The molecule has 0 saturated carbocycles. The Morgan fingerprint density at radius 2 is 1.62 bits per heavy atom. The fourth-order valence-corrected chi connectivity index (χ4v) is 2.72. The number of aliphatic carboxylic acids is 2. The second-order valence-electron chi connectivity index (χ2n) is 6.71. The van der Waals surface area contributed by atoms with E-state index in [4.69, 9.17) is 15.9 Å². The monoisotopic (exact) mass is 474 g/mol. The van der Waals surface area contributed by atoms with E-state index in [9.17, 15) is 29.1 Å². The number of nitrogens with one attached hydrogen (secondary N) is 4. The molecule has 32 heavy (non-hydrogen) atoms. The van der Waals surface area contributed by atoms with Crippen LogP contribution in [0.1, 0.15) is 18.5 Å². The number of nitrogens with two attached hydrogens (primary N) is 1. The molecule has 0 saturated heterocycles. The molecule has 1 aromatic rings. The molecule has 15 heteroatoms. The van der Waals surface area contributed by atoms with Crippen molar-refractivity contribution in [3.63, 3.8) is 0 Å². The van der Waals surface area contributed by atoms with Gasteiger partial charge < -0.3 is 42.0 Å². The molecule has 178 valence electrons. The van der Waals surface area contributed by atoms with E-state index in [1.54, 1.807) is 0 Å². The third-order valence-corrected chi connectivity index (χ3v) is 4.59. The van der Waals surface area contributed by atoms with Crippen molar-refractivity contribution >= 4 is 42.3 Å². The first-order valence-corrected chi connectivity index (χ1v) is 10.0. The summed E-state index contributed by atoms with van der Waals surface area (Å²) < 4.78 is 0. The number of aliphatic hydroxyl groups excluding tert-OH is 1. The standard InChI is InChI=1S/C17H26N6O8S/c18-9(3-8-4-19-7-20-8)14(27)22-11(5-24)15(28)23-12(6-32)16(29)21-10(17(30)31)1-2-13(25)26/h4,7,9-12,24,32H,1-3,5-6,18H2,(H,19,20)(H,21,29)(H,22,27)(H,23,28)(H,25,26)(H,30,31). The van der Waals surface area contributed by atoms with E-state index in [1.807, 2.05) is 0 Å². The van der Waals surface area contributed by atoms with Crippen molar-refractivity contribution in [2.75, 3.05) is 12.4 Å². The molecule has 0 aliphatic heterocycles. The van der Waals surface area contributed by atoms with Gasteiger partial charge in [-0.25, -0.2) is 9.78 Å². The highest BCUT2D eigenvalue weighted by Crippen LogP contribution is 2.01. The molecule has 1 aromatic heterocycles. The zero-order chi connectivity index (χ0) is 24.3. The SMILES string of the molecule is NC(Cc1cnc[nH]1)C(=O)NC(CO)C(=O)NC(CS)C(=O)NC(CCC(=O)O)C(=O)O. The molecule has 4 unspecified atom stereocenters. The highest BCUT2D eigenvalue weighted by molar-refractivity contribution is 7.80. The molecule has 14 nitrogen and oxygen atoms in total. The van der Waals surface area contributed by atoms with Crippen molar-refractivity contribution in [2.24, 2.45) is 5.73 Å². The summed E-state index contributed by atoms with van der Waals surface area (Å²) in [5.74, 6) is -5.52. The number of amides is 3. The normalized spacial score (nSPS) is 14.5. The van der Waals surface area contributed by atoms with Crippen LogP contribution in [0.2, 0.25) is 0 Å². The summed E-state index contributed by atoms with van der Waals surface area (Å²) in [6.07, 6.45) is 2.11. The quantitative estimate of drug-likeness (QED) is 0.121. The molecule has 0 radical (unpaired) electrons. The van der Waals surface area contributed by atoms with Gasteiger partial charge >= 0.3 is 11.9 Å². The van der Waals surface area contributed by atoms with Gasteiger partial charge in [-0.2, -0.15) is 12.6 Å². The number of H-pyrrole nitrogens is 1. The van der Waals surface area contributed by atoms with Gasteiger partial charge in [-0.3, -0.25) is 19.2 Å². The average Bonchev–Trinajstić information content (AvgIpc) is 3.25. The highest BCUT2D eigenvalue weighted by atomic mass is 32.1. The Morgan fingerprint density at radius 3 is 2.12 bits per heavy atom. The van der Waals surface area contributed by atoms with Crippen LogP contribution in [0, 0.1) is 0 Å². The number of carboxylic acids is 2. The predicted molar refractivity (Wildman–Crippen MR) is 112 cm³/mol. The topological polar surface area (TPSA) is 237 Å². The van der Waals surface area contributed by atoms with Crippen LogP contribution in [-0.4, -0.2) is 91.5 Å². The summed E-state index contributed by atoms with van der Waals surface area (Å²) in [4.78, 5) is 65.4. The molecule has 0 aliphatic rings. The molecule has 0 spiro atoms. The molecule has 3 amide bonds. The second kappa shape index (κ2) is 13.3. The Hall–Kier alpha value is -3.17. The molecule has 4 atom stereocenters. The summed E-state index contributed by atoms with van der Waals surface area (Å²) in [5, 5.41) is 33.9. The number of aliphatic hydroxyl groups is 1. The third-order valence-electron chi connectivity index (χ3n) is 4.22. The number of nitrogens with zero attached hydrogens (tertiary/aromatic N) is 1. The molecule has 0 bridgehead atoms. The second-order valence-corrected chi connectivity index (χ2v) is 7.07. The lowest BCUT2D eigenvalue weighted by Gasteiger charge is -2.23. The van der Waals surface area contributed by atoms with Gasteiger partial charge in [0.05, 0.1) is 19.0 Å². The van der Waals surface area contributed by atoms with Crippen molar-refractivity contribution in [1.82, 2.24) is 25.9 Å². The third kappa shape index (κ3) is 8.91. The lowest BCUT2D eigenvalue weighted by Crippen LogP contribution is -2.58. The van der Waals surface area contributed by atoms with Crippen molar-refractivity contribution in [1.29, 1.82) is 0 Å². The van der Waals surface area contributed by atoms with Gasteiger partial charge in [0, 0.05) is 30.5 Å². The molecule has 9 N–H and O–H groups in total. The summed E-state index contributed by atoms with van der Waals surface area (Å²) in [6, 6.07) is -5.30. The van der Waals surface area contributed by atoms with Crippen LogP contribution < -0.4 is 21.7 Å². The highest BCUT2D eigenvalue weighted by Gasteiger charge is 2.29. The lowest BCUT2D eigenvalue weighted by atomic mass is 10.1. The molecule has 0 fully saturated rings. The first-order valence-electron chi connectivity index (χ1n) is 9.39. The van der Waals surface area contributed by atoms with Crippen LogP contribution in [0.3, 0.4) is 0 Å². The van der Waals surface area contributed by atoms with E-state index in [2.05, 4.69) is 38.5 Å². The number of carbonyl (C=O) groups is 5. The first-order chi connectivity index (χ1) is 15.1. The zero-order valence-electron chi connectivity index (χ0n) is 16.9. The summed E-state index contributed by atoms with van der Waals surface area (Å²) in [7, 11) is 0. The maximum absolute atomic E-state index is 12.4. The molecule has 1 rings (SSSR count). The molecular weight excluding hydrogens is 448 g/mol. The zero-order valence-corrected chi connectivity index (χ0v) is 17.7. The number of hydrogen-bond acceptors (Lipinski definition) is 9. The van der Waals surface area contributed by atoms with Crippen LogP contribution in [-0.2, 0) is 30.4 Å². The minimum atomic E-state index is -1.49. The van der Waals surface area contributed by atoms with Gasteiger partial charge in [0.2, 0.25) is 17.7 Å². The first kappa shape index (κ1) is 26.9. The van der Waals surface area contributed by atoms with Crippen molar-refractivity contribution < 1.29 is 39.3 Å². The average molecular weight is 474 g/mol. The van der Waals surface area contributed by atoms with Crippen molar-refractivity contribution in [3.8, 4) is 0 Å². The van der Waals surface area contributed by atoms with Gasteiger partial charge in [0.15, 0.2) is 0 Å². The Balaban J connectivity index is 2.68. The predicted octanol–water partition coefficient (Wildman–Crippen LogP) is -3.39. The van der Waals surface area contributed by atoms with Crippen LogP contribution in [0.25, 0.3) is 0 Å². The molecule has 0 aliphatic carbocycles. The Morgan fingerprint density at radius 1 is 1.03 bits per heavy atom. The lowest BCUT2D eigenvalue weighted by molar-refractivity contribution is -0.143. The smallest absolute Gasteiger partial charge is 0.326 e. The number of aromatic amines is 1. The maximum Gasteiger partial charge on any atom is 0.326 e. The summed E-state index contributed by atoms with van der Waals surface area (Å²) in [5.41, 5.74) is 6.36. The van der Waals surface area contributed by atoms with Gasteiger partial charge in [-0.1, -0.05) is 0 Å². The largest absolute Gasteiger partial charge is 0.481 e. The number of imidazole rings is 1. The number of rotatable bonds is 14. The van der Waals surface area contributed by atoms with Gasteiger partial charge in [-0.15, -0.1) is 0 Å². The fraction of sp³-hybridized carbons (Fsp3) is 0.529. The maximum atomic E-state index is 12.4. The Bertz CT molecular complexity index is 805. The molecule has 0 aromatic carbocycles.